The molecule has 14 heavy (non-hydrogen) atoms. The molecule has 0 aromatic rings. The maximum absolute atomic E-state index is 10.2. The topological polar surface area (TPSA) is 60.7 Å². The molecule has 3 N–H and O–H groups in total. The summed E-state index contributed by atoms with van der Waals surface area (Å²) in [4.78, 5) is 0. The smallest absolute Gasteiger partial charge is 0.108 e. The first-order valence-electron chi connectivity index (χ1n) is 5.52. The predicted molar refractivity (Wildman–Crippen MR) is 52.6 cm³/mol. The molecule has 0 aromatic heterocycles. The van der Waals surface area contributed by atoms with Crippen LogP contribution in [-0.2, 0) is 0 Å². The zero-order valence-electron chi connectivity index (χ0n) is 8.85. The lowest BCUT2D eigenvalue weighted by Gasteiger charge is -2.56. The minimum atomic E-state index is -1.03. The molecule has 0 aliphatic heterocycles. The normalized spacial score (nSPS) is 50.8. The Bertz CT molecular complexity index is 215. The highest BCUT2D eigenvalue weighted by Crippen LogP contribution is 2.54. The summed E-state index contributed by atoms with van der Waals surface area (Å²) in [7, 11) is 0. The van der Waals surface area contributed by atoms with Crippen molar-refractivity contribution in [3.8, 4) is 0 Å². The molecule has 0 heterocycles. The summed E-state index contributed by atoms with van der Waals surface area (Å²) < 4.78 is 0. The third-order valence-corrected chi connectivity index (χ3v) is 4.33. The summed E-state index contributed by atoms with van der Waals surface area (Å²) in [5.41, 5.74) is -1.03. The summed E-state index contributed by atoms with van der Waals surface area (Å²) in [6, 6.07) is 0. The molecule has 0 saturated heterocycles. The SMILES string of the molecule is CC(O)C(O)C1(O)CC2CC(C1)C2C. The monoisotopic (exact) mass is 200 g/mol. The highest BCUT2D eigenvalue weighted by molar-refractivity contribution is 5.05. The second-order valence-electron chi connectivity index (χ2n) is 5.31. The zero-order valence-corrected chi connectivity index (χ0v) is 8.85. The van der Waals surface area contributed by atoms with Gasteiger partial charge in [0.05, 0.1) is 11.7 Å². The van der Waals surface area contributed by atoms with Gasteiger partial charge in [0.1, 0.15) is 6.10 Å². The Morgan fingerprint density at radius 3 is 2.07 bits per heavy atom. The third-order valence-electron chi connectivity index (χ3n) is 4.33. The summed E-state index contributed by atoms with van der Waals surface area (Å²) in [6.07, 6.45) is 0.664. The van der Waals surface area contributed by atoms with Gasteiger partial charge in [0.15, 0.2) is 0 Å². The highest BCUT2D eigenvalue weighted by Gasteiger charge is 2.54. The van der Waals surface area contributed by atoms with E-state index in [4.69, 9.17) is 0 Å². The van der Waals surface area contributed by atoms with Crippen LogP contribution in [0.2, 0.25) is 0 Å². The van der Waals surface area contributed by atoms with Gasteiger partial charge in [0.25, 0.3) is 0 Å². The van der Waals surface area contributed by atoms with E-state index in [-0.39, 0.29) is 0 Å². The molecule has 3 saturated carbocycles. The van der Waals surface area contributed by atoms with Crippen LogP contribution >= 0.6 is 0 Å². The van der Waals surface area contributed by atoms with Crippen molar-refractivity contribution in [2.75, 3.05) is 0 Å². The van der Waals surface area contributed by atoms with Gasteiger partial charge in [-0.25, -0.2) is 0 Å². The number of fused-ring (bicyclic) bond motifs is 2. The van der Waals surface area contributed by atoms with Crippen molar-refractivity contribution < 1.29 is 15.3 Å². The number of aliphatic hydroxyl groups is 3. The molecule has 3 fully saturated rings. The van der Waals surface area contributed by atoms with Crippen LogP contribution in [0.1, 0.15) is 33.1 Å². The van der Waals surface area contributed by atoms with E-state index in [1.54, 1.807) is 0 Å². The molecule has 3 heteroatoms. The summed E-state index contributed by atoms with van der Waals surface area (Å²) in [5.74, 6) is 1.79. The minimum absolute atomic E-state index is 0.548. The molecule has 2 bridgehead atoms. The molecular formula is C11H20O3. The number of aliphatic hydroxyl groups excluding tert-OH is 2. The van der Waals surface area contributed by atoms with Crippen LogP contribution in [-0.4, -0.2) is 33.1 Å². The molecule has 0 aromatic carbocycles. The van der Waals surface area contributed by atoms with Gasteiger partial charge in [-0.15, -0.1) is 0 Å². The maximum Gasteiger partial charge on any atom is 0.108 e. The third kappa shape index (κ3) is 1.38. The molecule has 3 aliphatic rings. The van der Waals surface area contributed by atoms with Gasteiger partial charge in [-0.3, -0.25) is 0 Å². The maximum atomic E-state index is 10.2. The van der Waals surface area contributed by atoms with Gasteiger partial charge in [-0.1, -0.05) is 6.92 Å². The summed E-state index contributed by atoms with van der Waals surface area (Å²) in [6.45, 7) is 3.75. The Hall–Kier alpha value is -0.120. The van der Waals surface area contributed by atoms with Crippen LogP contribution in [0.5, 0.6) is 0 Å². The Morgan fingerprint density at radius 2 is 1.71 bits per heavy atom. The van der Waals surface area contributed by atoms with Crippen LogP contribution in [0.4, 0.5) is 0 Å². The Balaban J connectivity index is 2.05. The van der Waals surface area contributed by atoms with Crippen molar-refractivity contribution in [1.82, 2.24) is 0 Å². The lowest BCUT2D eigenvalue weighted by atomic mass is 9.52. The number of hydrogen-bond acceptors (Lipinski definition) is 3. The Labute approximate surface area is 84.8 Å². The van der Waals surface area contributed by atoms with Gasteiger partial charge < -0.3 is 15.3 Å². The van der Waals surface area contributed by atoms with E-state index in [2.05, 4.69) is 6.92 Å². The van der Waals surface area contributed by atoms with Gasteiger partial charge in [-0.05, 0) is 43.9 Å². The number of hydrogen-bond donors (Lipinski definition) is 3. The van der Waals surface area contributed by atoms with Crippen LogP contribution in [0.25, 0.3) is 0 Å². The first-order valence-corrected chi connectivity index (χ1v) is 5.52. The molecule has 4 atom stereocenters. The first-order chi connectivity index (χ1) is 6.44. The Kier molecular flexibility index (Phi) is 2.37. The standard InChI is InChI=1S/C11H20O3/c1-6-8-3-9(6)5-11(14,4-8)10(13)7(2)12/h6-10,12-14H,3-5H2,1-2H3. The van der Waals surface area contributed by atoms with Crippen molar-refractivity contribution in [2.45, 2.75) is 50.9 Å². The average molecular weight is 200 g/mol. The molecule has 3 rings (SSSR count). The lowest BCUT2D eigenvalue weighted by molar-refractivity contribution is -0.193. The van der Waals surface area contributed by atoms with E-state index in [0.717, 1.165) is 0 Å². The molecule has 3 aliphatic carbocycles. The minimum Gasteiger partial charge on any atom is -0.391 e. The van der Waals surface area contributed by atoms with E-state index in [1.165, 1.54) is 13.3 Å². The first kappa shape index (κ1) is 10.4. The van der Waals surface area contributed by atoms with E-state index in [0.29, 0.717) is 30.6 Å². The largest absolute Gasteiger partial charge is 0.391 e. The lowest BCUT2D eigenvalue weighted by Crippen LogP contribution is -2.59. The van der Waals surface area contributed by atoms with Crippen molar-refractivity contribution in [2.24, 2.45) is 17.8 Å². The quantitative estimate of drug-likeness (QED) is 0.609. The molecular weight excluding hydrogens is 180 g/mol. The van der Waals surface area contributed by atoms with Crippen molar-refractivity contribution >= 4 is 0 Å². The van der Waals surface area contributed by atoms with Gasteiger partial charge in [0, 0.05) is 0 Å². The second kappa shape index (κ2) is 3.19. The van der Waals surface area contributed by atoms with Crippen LogP contribution < -0.4 is 0 Å². The predicted octanol–water partition coefficient (Wildman–Crippen LogP) is 0.525. The molecule has 0 spiro atoms. The van der Waals surface area contributed by atoms with Crippen LogP contribution in [0.3, 0.4) is 0 Å². The van der Waals surface area contributed by atoms with Crippen molar-refractivity contribution in [1.29, 1.82) is 0 Å². The second-order valence-corrected chi connectivity index (χ2v) is 5.31. The van der Waals surface area contributed by atoms with E-state index < -0.39 is 17.8 Å². The van der Waals surface area contributed by atoms with Crippen molar-refractivity contribution in [3.63, 3.8) is 0 Å². The van der Waals surface area contributed by atoms with E-state index in [1.807, 2.05) is 0 Å². The fourth-order valence-electron chi connectivity index (χ4n) is 3.23. The zero-order chi connectivity index (χ0) is 10.5. The van der Waals surface area contributed by atoms with Crippen molar-refractivity contribution in [3.05, 3.63) is 0 Å². The Morgan fingerprint density at radius 1 is 1.21 bits per heavy atom. The molecule has 0 amide bonds. The average Bonchev–Trinajstić information content (AvgIpc) is 2.15. The van der Waals surface area contributed by atoms with Gasteiger partial charge in [0.2, 0.25) is 0 Å². The summed E-state index contributed by atoms with van der Waals surface area (Å²) in [5, 5.41) is 29.2. The van der Waals surface area contributed by atoms with Crippen LogP contribution in [0, 0.1) is 17.8 Å². The highest BCUT2D eigenvalue weighted by atomic mass is 16.4. The van der Waals surface area contributed by atoms with E-state index >= 15 is 0 Å². The fraction of sp³-hybridized carbons (Fsp3) is 1.00. The molecule has 0 radical (unpaired) electrons. The fourth-order valence-corrected chi connectivity index (χ4v) is 3.23. The molecule has 82 valence electrons. The van der Waals surface area contributed by atoms with Gasteiger partial charge in [-0.2, -0.15) is 0 Å². The molecule has 3 nitrogen and oxygen atoms in total. The number of rotatable bonds is 2. The van der Waals surface area contributed by atoms with Crippen LogP contribution in [0.15, 0.2) is 0 Å². The molecule has 4 unspecified atom stereocenters. The van der Waals surface area contributed by atoms with E-state index in [9.17, 15) is 15.3 Å². The van der Waals surface area contributed by atoms with Gasteiger partial charge >= 0.3 is 0 Å². The summed E-state index contributed by atoms with van der Waals surface area (Å²) >= 11 is 0.